The van der Waals surface area contributed by atoms with Crippen LogP contribution in [0.15, 0.2) is 24.3 Å². The van der Waals surface area contributed by atoms with Crippen molar-refractivity contribution in [3.05, 3.63) is 30.1 Å². The Bertz CT molecular complexity index is 324. The van der Waals surface area contributed by atoms with Crippen LogP contribution in [0.5, 0.6) is 0 Å². The minimum absolute atomic E-state index is 0.174. The van der Waals surface area contributed by atoms with E-state index in [4.69, 9.17) is 5.73 Å². The van der Waals surface area contributed by atoms with Gasteiger partial charge in [-0.05, 0) is 44.0 Å². The average Bonchev–Trinajstić information content (AvgIpc) is 2.35. The number of rotatable bonds is 7. The van der Waals surface area contributed by atoms with E-state index in [1.54, 1.807) is 12.1 Å². The predicted molar refractivity (Wildman–Crippen MR) is 71.7 cm³/mol. The SMILES string of the molecule is CCC(CN)CCN(CC)c1cccc(F)c1. The lowest BCUT2D eigenvalue weighted by atomic mass is 10.0. The van der Waals surface area contributed by atoms with Gasteiger partial charge in [0.05, 0.1) is 0 Å². The molecule has 0 amide bonds. The summed E-state index contributed by atoms with van der Waals surface area (Å²) in [6.45, 7) is 6.82. The van der Waals surface area contributed by atoms with Crippen molar-refractivity contribution in [2.75, 3.05) is 24.5 Å². The molecule has 3 heteroatoms. The highest BCUT2D eigenvalue weighted by Gasteiger charge is 2.09. The monoisotopic (exact) mass is 238 g/mol. The molecule has 0 fully saturated rings. The molecule has 0 saturated heterocycles. The van der Waals surface area contributed by atoms with Crippen molar-refractivity contribution in [3.8, 4) is 0 Å². The Morgan fingerprint density at radius 3 is 2.65 bits per heavy atom. The van der Waals surface area contributed by atoms with Crippen molar-refractivity contribution in [2.45, 2.75) is 26.7 Å². The van der Waals surface area contributed by atoms with Crippen LogP contribution in [0.25, 0.3) is 0 Å². The smallest absolute Gasteiger partial charge is 0.125 e. The number of nitrogens with zero attached hydrogens (tertiary/aromatic N) is 1. The first kappa shape index (κ1) is 14.0. The van der Waals surface area contributed by atoms with Gasteiger partial charge in [0.1, 0.15) is 5.82 Å². The second-order valence-electron chi connectivity index (χ2n) is 4.36. The molecule has 0 aliphatic rings. The molecule has 96 valence electrons. The van der Waals surface area contributed by atoms with E-state index < -0.39 is 0 Å². The van der Waals surface area contributed by atoms with Gasteiger partial charge >= 0.3 is 0 Å². The highest BCUT2D eigenvalue weighted by molar-refractivity contribution is 5.46. The van der Waals surface area contributed by atoms with Crippen molar-refractivity contribution in [1.29, 1.82) is 0 Å². The minimum atomic E-state index is -0.174. The maximum atomic E-state index is 13.1. The van der Waals surface area contributed by atoms with E-state index in [-0.39, 0.29) is 5.82 Å². The molecule has 2 nitrogen and oxygen atoms in total. The van der Waals surface area contributed by atoms with E-state index in [9.17, 15) is 4.39 Å². The molecule has 0 spiro atoms. The van der Waals surface area contributed by atoms with Crippen LogP contribution in [0.4, 0.5) is 10.1 Å². The summed E-state index contributed by atoms with van der Waals surface area (Å²) < 4.78 is 13.1. The standard InChI is InChI=1S/C14H23FN2/c1-3-12(11-16)8-9-17(4-2)14-7-5-6-13(15)10-14/h5-7,10,12H,3-4,8-9,11,16H2,1-2H3. The van der Waals surface area contributed by atoms with Gasteiger partial charge in [0.2, 0.25) is 0 Å². The van der Waals surface area contributed by atoms with Crippen LogP contribution in [0, 0.1) is 11.7 Å². The Morgan fingerprint density at radius 2 is 2.12 bits per heavy atom. The van der Waals surface area contributed by atoms with E-state index in [2.05, 4.69) is 18.7 Å². The number of halogens is 1. The predicted octanol–water partition coefficient (Wildman–Crippen LogP) is 3.03. The zero-order chi connectivity index (χ0) is 12.7. The number of hydrogen-bond donors (Lipinski definition) is 1. The van der Waals surface area contributed by atoms with Crippen molar-refractivity contribution in [2.24, 2.45) is 11.7 Å². The third kappa shape index (κ3) is 4.35. The molecule has 0 aliphatic heterocycles. The van der Waals surface area contributed by atoms with Crippen LogP contribution in [0.3, 0.4) is 0 Å². The Labute approximate surface area is 104 Å². The molecule has 1 aromatic rings. The quantitative estimate of drug-likeness (QED) is 0.791. The van der Waals surface area contributed by atoms with Crippen molar-refractivity contribution in [1.82, 2.24) is 0 Å². The van der Waals surface area contributed by atoms with Crippen LogP contribution in [-0.2, 0) is 0 Å². The van der Waals surface area contributed by atoms with Gasteiger partial charge in [-0.1, -0.05) is 19.4 Å². The molecule has 0 aromatic heterocycles. The average molecular weight is 238 g/mol. The molecular formula is C14H23FN2. The lowest BCUT2D eigenvalue weighted by Gasteiger charge is -2.25. The zero-order valence-electron chi connectivity index (χ0n) is 10.8. The van der Waals surface area contributed by atoms with E-state index in [1.165, 1.54) is 6.07 Å². The van der Waals surface area contributed by atoms with Gasteiger partial charge in [-0.25, -0.2) is 4.39 Å². The largest absolute Gasteiger partial charge is 0.372 e. The summed E-state index contributed by atoms with van der Waals surface area (Å²) in [5.41, 5.74) is 6.65. The Kier molecular flexibility index (Phi) is 5.98. The van der Waals surface area contributed by atoms with Gasteiger partial charge < -0.3 is 10.6 Å². The van der Waals surface area contributed by atoms with Crippen LogP contribution >= 0.6 is 0 Å². The molecular weight excluding hydrogens is 215 g/mol. The summed E-state index contributed by atoms with van der Waals surface area (Å²) >= 11 is 0. The maximum Gasteiger partial charge on any atom is 0.125 e. The summed E-state index contributed by atoms with van der Waals surface area (Å²) in [5, 5.41) is 0. The minimum Gasteiger partial charge on any atom is -0.372 e. The molecule has 1 unspecified atom stereocenters. The van der Waals surface area contributed by atoms with E-state index >= 15 is 0 Å². The fourth-order valence-corrected chi connectivity index (χ4v) is 1.97. The van der Waals surface area contributed by atoms with E-state index in [0.717, 1.165) is 38.2 Å². The first-order valence-electron chi connectivity index (χ1n) is 6.41. The third-order valence-electron chi connectivity index (χ3n) is 3.27. The molecule has 0 heterocycles. The third-order valence-corrected chi connectivity index (χ3v) is 3.27. The van der Waals surface area contributed by atoms with Crippen LogP contribution in [-0.4, -0.2) is 19.6 Å². The van der Waals surface area contributed by atoms with Crippen molar-refractivity contribution in [3.63, 3.8) is 0 Å². The van der Waals surface area contributed by atoms with Gasteiger partial charge in [-0.3, -0.25) is 0 Å². The molecule has 2 N–H and O–H groups in total. The Hall–Kier alpha value is -1.09. The topological polar surface area (TPSA) is 29.3 Å². The fourth-order valence-electron chi connectivity index (χ4n) is 1.97. The summed E-state index contributed by atoms with van der Waals surface area (Å²) in [4.78, 5) is 2.20. The van der Waals surface area contributed by atoms with Crippen LogP contribution < -0.4 is 10.6 Å². The van der Waals surface area contributed by atoms with Gasteiger partial charge in [0, 0.05) is 18.8 Å². The van der Waals surface area contributed by atoms with E-state index in [1.807, 2.05) is 6.07 Å². The fraction of sp³-hybridized carbons (Fsp3) is 0.571. The molecule has 1 atom stereocenters. The van der Waals surface area contributed by atoms with Crippen LogP contribution in [0.1, 0.15) is 26.7 Å². The summed E-state index contributed by atoms with van der Waals surface area (Å²) in [7, 11) is 0. The molecule has 0 bridgehead atoms. The molecule has 17 heavy (non-hydrogen) atoms. The van der Waals surface area contributed by atoms with Gasteiger partial charge in [-0.2, -0.15) is 0 Å². The number of hydrogen-bond acceptors (Lipinski definition) is 2. The number of anilines is 1. The van der Waals surface area contributed by atoms with E-state index in [0.29, 0.717) is 5.92 Å². The normalized spacial score (nSPS) is 12.5. The van der Waals surface area contributed by atoms with Gasteiger partial charge in [0.25, 0.3) is 0 Å². The number of benzene rings is 1. The molecule has 1 aromatic carbocycles. The lowest BCUT2D eigenvalue weighted by Crippen LogP contribution is -2.27. The summed E-state index contributed by atoms with van der Waals surface area (Å²) in [6.07, 6.45) is 2.18. The van der Waals surface area contributed by atoms with Gasteiger partial charge in [0.15, 0.2) is 0 Å². The van der Waals surface area contributed by atoms with Gasteiger partial charge in [-0.15, -0.1) is 0 Å². The second kappa shape index (κ2) is 7.28. The van der Waals surface area contributed by atoms with Crippen molar-refractivity contribution < 1.29 is 4.39 Å². The first-order chi connectivity index (χ1) is 8.21. The highest BCUT2D eigenvalue weighted by atomic mass is 19.1. The Balaban J connectivity index is 2.59. The highest BCUT2D eigenvalue weighted by Crippen LogP contribution is 2.17. The zero-order valence-corrected chi connectivity index (χ0v) is 10.8. The maximum absolute atomic E-state index is 13.1. The number of nitrogens with two attached hydrogens (primary N) is 1. The summed E-state index contributed by atoms with van der Waals surface area (Å²) in [6, 6.07) is 6.78. The van der Waals surface area contributed by atoms with Crippen LogP contribution in [0.2, 0.25) is 0 Å². The Morgan fingerprint density at radius 1 is 1.35 bits per heavy atom. The molecule has 0 saturated carbocycles. The molecule has 1 rings (SSSR count). The molecule has 0 radical (unpaired) electrons. The molecule has 0 aliphatic carbocycles. The van der Waals surface area contributed by atoms with Crippen molar-refractivity contribution >= 4 is 5.69 Å². The summed E-state index contributed by atoms with van der Waals surface area (Å²) in [5.74, 6) is 0.393. The second-order valence-corrected chi connectivity index (χ2v) is 4.36. The first-order valence-corrected chi connectivity index (χ1v) is 6.41. The lowest BCUT2D eigenvalue weighted by molar-refractivity contribution is 0.479.